The Labute approximate surface area is 218 Å². The van der Waals surface area contributed by atoms with Gasteiger partial charge >= 0.3 is 0 Å². The molecule has 1 aromatic carbocycles. The molecule has 3 fully saturated rings. The SMILES string of the molecule is Fc1cccc(F)c1Nc1cc(-c2nc(N3CCOC4CNCC43)c3c(C4CCC4)cncc3n2)ccn1. The van der Waals surface area contributed by atoms with Crippen LogP contribution in [0.15, 0.2) is 48.9 Å². The van der Waals surface area contributed by atoms with Crippen molar-refractivity contribution in [3.05, 3.63) is 66.1 Å². The number of benzene rings is 1. The summed E-state index contributed by atoms with van der Waals surface area (Å²) in [5, 5.41) is 7.29. The number of aromatic nitrogens is 4. The van der Waals surface area contributed by atoms with Crippen molar-refractivity contribution in [3.63, 3.8) is 0 Å². The lowest BCUT2D eigenvalue weighted by molar-refractivity contribution is 0.0348. The number of nitrogens with zero attached hydrogens (tertiary/aromatic N) is 5. The molecule has 4 aromatic rings. The molecule has 38 heavy (non-hydrogen) atoms. The molecule has 3 aliphatic rings. The van der Waals surface area contributed by atoms with Crippen LogP contribution in [0.5, 0.6) is 0 Å². The Bertz CT molecular complexity index is 1490. The van der Waals surface area contributed by atoms with E-state index in [0.29, 0.717) is 29.7 Å². The summed E-state index contributed by atoms with van der Waals surface area (Å²) in [6, 6.07) is 7.42. The van der Waals surface area contributed by atoms with Crippen molar-refractivity contribution in [2.75, 3.05) is 36.5 Å². The number of anilines is 3. The van der Waals surface area contributed by atoms with Gasteiger partial charge in [-0.3, -0.25) is 4.98 Å². The minimum absolute atomic E-state index is 0.110. The van der Waals surface area contributed by atoms with E-state index in [1.165, 1.54) is 30.2 Å². The lowest BCUT2D eigenvalue weighted by Gasteiger charge is -2.39. The Morgan fingerprint density at radius 3 is 2.74 bits per heavy atom. The zero-order valence-corrected chi connectivity index (χ0v) is 20.7. The molecule has 0 spiro atoms. The molecule has 3 aromatic heterocycles. The van der Waals surface area contributed by atoms with Crippen LogP contribution < -0.4 is 15.5 Å². The number of fused-ring (bicyclic) bond motifs is 2. The summed E-state index contributed by atoms with van der Waals surface area (Å²) >= 11 is 0. The van der Waals surface area contributed by atoms with Gasteiger partial charge in [0.05, 0.1) is 30.5 Å². The fraction of sp³-hybridized carbons (Fsp3) is 0.357. The quantitative estimate of drug-likeness (QED) is 0.400. The van der Waals surface area contributed by atoms with Gasteiger partial charge in [0.25, 0.3) is 0 Å². The van der Waals surface area contributed by atoms with E-state index in [2.05, 4.69) is 25.5 Å². The average Bonchev–Trinajstić information content (AvgIpc) is 3.39. The number of morpholine rings is 1. The number of halogens is 2. The molecular weight excluding hydrogens is 488 g/mol. The number of ether oxygens (including phenoxy) is 1. The summed E-state index contributed by atoms with van der Waals surface area (Å²) in [6.07, 6.45) is 8.97. The fourth-order valence-corrected chi connectivity index (χ4v) is 5.69. The first-order valence-corrected chi connectivity index (χ1v) is 13.1. The van der Waals surface area contributed by atoms with Gasteiger partial charge in [-0.2, -0.15) is 0 Å². The van der Waals surface area contributed by atoms with Crippen molar-refractivity contribution in [1.82, 2.24) is 25.3 Å². The zero-order valence-electron chi connectivity index (χ0n) is 20.7. The van der Waals surface area contributed by atoms with Crippen LogP contribution in [0.25, 0.3) is 22.3 Å². The van der Waals surface area contributed by atoms with Crippen LogP contribution >= 0.6 is 0 Å². The predicted octanol–water partition coefficient (Wildman–Crippen LogP) is 4.55. The molecule has 2 atom stereocenters. The Kier molecular flexibility index (Phi) is 5.85. The molecule has 2 unspecified atom stereocenters. The number of hydrogen-bond acceptors (Lipinski definition) is 8. The molecule has 7 rings (SSSR count). The Balaban J connectivity index is 1.35. The summed E-state index contributed by atoms with van der Waals surface area (Å²) in [5.74, 6) is 0.775. The Hall–Kier alpha value is -3.76. The lowest BCUT2D eigenvalue weighted by Crippen LogP contribution is -2.51. The summed E-state index contributed by atoms with van der Waals surface area (Å²) in [7, 11) is 0. The highest BCUT2D eigenvalue weighted by atomic mass is 19.1. The molecule has 0 amide bonds. The normalized spacial score (nSPS) is 21.4. The highest BCUT2D eigenvalue weighted by Gasteiger charge is 2.38. The number of rotatable bonds is 5. The van der Waals surface area contributed by atoms with Crippen molar-refractivity contribution in [2.45, 2.75) is 37.3 Å². The highest BCUT2D eigenvalue weighted by molar-refractivity contribution is 5.94. The summed E-state index contributed by atoms with van der Waals surface area (Å²) < 4.78 is 34.6. The average molecular weight is 516 g/mol. The first-order valence-electron chi connectivity index (χ1n) is 13.1. The summed E-state index contributed by atoms with van der Waals surface area (Å²) in [5.41, 5.74) is 2.43. The fourth-order valence-electron chi connectivity index (χ4n) is 5.69. The summed E-state index contributed by atoms with van der Waals surface area (Å²) in [4.78, 5) is 21.2. The van der Waals surface area contributed by atoms with Gasteiger partial charge in [0.15, 0.2) is 5.82 Å². The molecule has 1 aliphatic carbocycles. The van der Waals surface area contributed by atoms with E-state index in [0.717, 1.165) is 49.2 Å². The smallest absolute Gasteiger partial charge is 0.162 e. The van der Waals surface area contributed by atoms with Gasteiger partial charge in [-0.1, -0.05) is 12.5 Å². The second-order valence-electron chi connectivity index (χ2n) is 10.1. The predicted molar refractivity (Wildman–Crippen MR) is 141 cm³/mol. The minimum atomic E-state index is -0.692. The molecule has 0 bridgehead atoms. The number of nitrogens with one attached hydrogen (secondary N) is 2. The van der Waals surface area contributed by atoms with E-state index < -0.39 is 11.6 Å². The third-order valence-corrected chi connectivity index (χ3v) is 7.86. The second kappa shape index (κ2) is 9.52. The van der Waals surface area contributed by atoms with Crippen molar-refractivity contribution in [2.24, 2.45) is 0 Å². The first kappa shape index (κ1) is 23.4. The van der Waals surface area contributed by atoms with Crippen LogP contribution in [-0.4, -0.2) is 58.3 Å². The molecule has 1 saturated carbocycles. The topological polar surface area (TPSA) is 88.1 Å². The van der Waals surface area contributed by atoms with E-state index in [1.807, 2.05) is 6.20 Å². The van der Waals surface area contributed by atoms with Gasteiger partial charge in [-0.05, 0) is 48.6 Å². The molecule has 5 heterocycles. The van der Waals surface area contributed by atoms with Crippen molar-refractivity contribution < 1.29 is 13.5 Å². The number of para-hydroxylation sites is 1. The standard InChI is InChI=1S/C28H27F2N7O/c29-19-5-2-6-20(30)26(19)35-24-11-17(7-8-33-24)27-34-21-13-31-12-18(16-3-1-4-16)25(21)28(36-27)37-9-10-38-23-15-32-14-22(23)37/h2,5-8,11-13,16,22-23,32H,1,3-4,9-10,14-15H2,(H,33,35). The van der Waals surface area contributed by atoms with E-state index in [4.69, 9.17) is 14.7 Å². The maximum absolute atomic E-state index is 14.3. The molecule has 0 radical (unpaired) electrons. The number of hydrogen-bond donors (Lipinski definition) is 2. The molecule has 8 nitrogen and oxygen atoms in total. The second-order valence-corrected chi connectivity index (χ2v) is 10.1. The van der Waals surface area contributed by atoms with E-state index >= 15 is 0 Å². The van der Waals surface area contributed by atoms with Crippen LogP contribution in [0.4, 0.5) is 26.1 Å². The van der Waals surface area contributed by atoms with Crippen LogP contribution in [-0.2, 0) is 4.74 Å². The van der Waals surface area contributed by atoms with Gasteiger partial charge in [0.1, 0.15) is 29.0 Å². The maximum atomic E-state index is 14.3. The van der Waals surface area contributed by atoms with Gasteiger partial charge in [0.2, 0.25) is 0 Å². The number of pyridine rings is 2. The molecular formula is C28H27F2N7O. The van der Waals surface area contributed by atoms with Gasteiger partial charge in [-0.25, -0.2) is 23.7 Å². The molecule has 10 heteroatoms. The van der Waals surface area contributed by atoms with E-state index in [9.17, 15) is 8.78 Å². The third-order valence-electron chi connectivity index (χ3n) is 7.86. The minimum Gasteiger partial charge on any atom is -0.373 e. The Morgan fingerprint density at radius 2 is 1.92 bits per heavy atom. The van der Waals surface area contributed by atoms with Crippen molar-refractivity contribution in [1.29, 1.82) is 0 Å². The highest BCUT2D eigenvalue weighted by Crippen LogP contribution is 2.42. The largest absolute Gasteiger partial charge is 0.373 e. The van der Waals surface area contributed by atoms with Crippen molar-refractivity contribution >= 4 is 28.2 Å². The van der Waals surface area contributed by atoms with Gasteiger partial charge < -0.3 is 20.3 Å². The third kappa shape index (κ3) is 4.04. The van der Waals surface area contributed by atoms with Crippen LogP contribution in [0, 0.1) is 11.6 Å². The van der Waals surface area contributed by atoms with Gasteiger partial charge in [-0.15, -0.1) is 0 Å². The first-order chi connectivity index (χ1) is 18.7. The van der Waals surface area contributed by atoms with E-state index in [1.54, 1.807) is 24.5 Å². The molecule has 2 aliphatic heterocycles. The molecule has 194 valence electrons. The zero-order chi connectivity index (χ0) is 25.6. The van der Waals surface area contributed by atoms with Crippen LogP contribution in [0.3, 0.4) is 0 Å². The van der Waals surface area contributed by atoms with Gasteiger partial charge in [0, 0.05) is 43.0 Å². The molecule has 2 saturated heterocycles. The van der Waals surface area contributed by atoms with Crippen LogP contribution in [0.1, 0.15) is 30.7 Å². The van der Waals surface area contributed by atoms with Crippen molar-refractivity contribution in [3.8, 4) is 11.4 Å². The summed E-state index contributed by atoms with van der Waals surface area (Å²) in [6.45, 7) is 3.01. The lowest BCUT2D eigenvalue weighted by atomic mass is 9.79. The maximum Gasteiger partial charge on any atom is 0.162 e. The monoisotopic (exact) mass is 515 g/mol. The molecule has 2 N–H and O–H groups in total. The van der Waals surface area contributed by atoms with E-state index in [-0.39, 0.29) is 17.8 Å². The Morgan fingerprint density at radius 1 is 1.05 bits per heavy atom. The van der Waals surface area contributed by atoms with Crippen LogP contribution in [0.2, 0.25) is 0 Å².